The van der Waals surface area contributed by atoms with E-state index in [2.05, 4.69) is 9.97 Å². The second-order valence-electron chi connectivity index (χ2n) is 5.55. The normalized spacial score (nSPS) is 15.8. The van der Waals surface area contributed by atoms with Crippen LogP contribution in [0.2, 0.25) is 0 Å². The van der Waals surface area contributed by atoms with Crippen molar-refractivity contribution in [2.45, 2.75) is 18.8 Å². The van der Waals surface area contributed by atoms with Gasteiger partial charge in [-0.2, -0.15) is 0 Å². The van der Waals surface area contributed by atoms with Crippen LogP contribution in [0.3, 0.4) is 0 Å². The Kier molecular flexibility index (Phi) is 4.57. The molecular formula is C16H19N3O4. The number of amides is 1. The molecular weight excluding hydrogens is 298 g/mol. The minimum atomic E-state index is -0.860. The predicted octanol–water partition coefficient (Wildman–Crippen LogP) is 1.86. The van der Waals surface area contributed by atoms with Crippen molar-refractivity contribution in [1.29, 1.82) is 0 Å². The van der Waals surface area contributed by atoms with Crippen molar-refractivity contribution in [2.24, 2.45) is 0 Å². The summed E-state index contributed by atoms with van der Waals surface area (Å²) in [5.74, 6) is 0.900. The lowest BCUT2D eigenvalue weighted by atomic mass is 9.91. The van der Waals surface area contributed by atoms with Crippen LogP contribution in [0.25, 0.3) is 10.9 Å². The van der Waals surface area contributed by atoms with Crippen molar-refractivity contribution < 1.29 is 19.7 Å². The van der Waals surface area contributed by atoms with Gasteiger partial charge in [0.15, 0.2) is 0 Å². The van der Waals surface area contributed by atoms with Crippen LogP contribution in [0.1, 0.15) is 24.5 Å². The van der Waals surface area contributed by atoms with Crippen LogP contribution in [0.15, 0.2) is 24.5 Å². The molecule has 1 aliphatic rings. The number of carbonyl (C=O) groups is 1. The average molecular weight is 317 g/mol. The first-order valence-corrected chi connectivity index (χ1v) is 7.65. The second kappa shape index (κ2) is 6.78. The van der Waals surface area contributed by atoms with Crippen LogP contribution >= 0.6 is 0 Å². The van der Waals surface area contributed by atoms with Crippen LogP contribution in [0, 0.1) is 0 Å². The first-order chi connectivity index (χ1) is 11.2. The molecule has 0 unspecified atom stereocenters. The summed E-state index contributed by atoms with van der Waals surface area (Å²) in [7, 11) is 0. The van der Waals surface area contributed by atoms with Gasteiger partial charge in [0, 0.05) is 30.5 Å². The third kappa shape index (κ3) is 3.34. The Morgan fingerprint density at radius 2 is 2.09 bits per heavy atom. The molecule has 0 aliphatic carbocycles. The van der Waals surface area contributed by atoms with Crippen LogP contribution in [-0.4, -0.2) is 57.5 Å². The smallest absolute Gasteiger partial charge is 0.407 e. The number of hydrogen-bond donors (Lipinski definition) is 2. The average Bonchev–Trinajstić information content (AvgIpc) is 2.59. The van der Waals surface area contributed by atoms with E-state index >= 15 is 0 Å². The molecule has 1 fully saturated rings. The number of aliphatic hydroxyl groups is 1. The zero-order chi connectivity index (χ0) is 16.2. The Morgan fingerprint density at radius 1 is 1.30 bits per heavy atom. The number of ether oxygens (including phenoxy) is 1. The van der Waals surface area contributed by atoms with Crippen molar-refractivity contribution in [3.63, 3.8) is 0 Å². The highest BCUT2D eigenvalue weighted by Crippen LogP contribution is 2.32. The van der Waals surface area contributed by atoms with Crippen molar-refractivity contribution in [3.05, 3.63) is 30.2 Å². The Labute approximate surface area is 133 Å². The van der Waals surface area contributed by atoms with E-state index in [4.69, 9.17) is 14.9 Å². The summed E-state index contributed by atoms with van der Waals surface area (Å²) < 4.78 is 5.41. The number of hydrogen-bond acceptors (Lipinski definition) is 5. The highest BCUT2D eigenvalue weighted by Gasteiger charge is 2.25. The maximum atomic E-state index is 11.0. The van der Waals surface area contributed by atoms with Gasteiger partial charge in [0.05, 0.1) is 17.8 Å². The van der Waals surface area contributed by atoms with Crippen molar-refractivity contribution >= 4 is 17.0 Å². The van der Waals surface area contributed by atoms with E-state index in [0.717, 1.165) is 29.4 Å². The van der Waals surface area contributed by atoms with Crippen LogP contribution in [-0.2, 0) is 0 Å². The lowest BCUT2D eigenvalue weighted by Gasteiger charge is -2.30. The molecule has 0 spiro atoms. The SMILES string of the molecule is O=C(O)N1CCC(c2ncnc3cc(OCCO)ccc23)CC1. The first-order valence-electron chi connectivity index (χ1n) is 7.65. The summed E-state index contributed by atoms with van der Waals surface area (Å²) in [5.41, 5.74) is 1.76. The van der Waals surface area contributed by atoms with Gasteiger partial charge in [-0.15, -0.1) is 0 Å². The molecule has 0 radical (unpaired) electrons. The van der Waals surface area contributed by atoms with Gasteiger partial charge >= 0.3 is 6.09 Å². The van der Waals surface area contributed by atoms with Gasteiger partial charge in [-0.3, -0.25) is 0 Å². The molecule has 1 aromatic carbocycles. The van der Waals surface area contributed by atoms with Gasteiger partial charge in [-0.05, 0) is 25.0 Å². The fraction of sp³-hybridized carbons (Fsp3) is 0.438. The highest BCUT2D eigenvalue weighted by atomic mass is 16.5. The quantitative estimate of drug-likeness (QED) is 0.893. The van der Waals surface area contributed by atoms with E-state index in [0.29, 0.717) is 18.8 Å². The summed E-state index contributed by atoms with van der Waals surface area (Å²) in [6.07, 6.45) is 2.21. The number of benzene rings is 1. The first kappa shape index (κ1) is 15.5. The molecule has 0 atom stereocenters. The summed E-state index contributed by atoms with van der Waals surface area (Å²) in [6.45, 7) is 1.28. The molecule has 2 heterocycles. The molecule has 1 aromatic heterocycles. The molecule has 0 saturated carbocycles. The Balaban J connectivity index is 1.83. The zero-order valence-electron chi connectivity index (χ0n) is 12.7. The van der Waals surface area contributed by atoms with Crippen LogP contribution < -0.4 is 4.74 Å². The maximum absolute atomic E-state index is 11.0. The highest BCUT2D eigenvalue weighted by molar-refractivity contribution is 5.82. The number of piperidine rings is 1. The molecule has 1 amide bonds. The minimum Gasteiger partial charge on any atom is -0.491 e. The third-order valence-corrected chi connectivity index (χ3v) is 4.15. The summed E-state index contributed by atoms with van der Waals surface area (Å²) in [4.78, 5) is 21.2. The van der Waals surface area contributed by atoms with Gasteiger partial charge < -0.3 is 19.8 Å². The molecule has 2 aromatic rings. The van der Waals surface area contributed by atoms with Crippen LogP contribution in [0.4, 0.5) is 4.79 Å². The van der Waals surface area contributed by atoms with E-state index in [-0.39, 0.29) is 19.1 Å². The minimum absolute atomic E-state index is 0.0325. The summed E-state index contributed by atoms with van der Waals surface area (Å²) >= 11 is 0. The van der Waals surface area contributed by atoms with Crippen molar-refractivity contribution in [2.75, 3.05) is 26.3 Å². The third-order valence-electron chi connectivity index (χ3n) is 4.15. The molecule has 0 bridgehead atoms. The van der Waals surface area contributed by atoms with Gasteiger partial charge in [0.25, 0.3) is 0 Å². The molecule has 1 saturated heterocycles. The van der Waals surface area contributed by atoms with E-state index < -0.39 is 6.09 Å². The number of aromatic nitrogens is 2. The molecule has 122 valence electrons. The molecule has 3 rings (SSSR count). The largest absolute Gasteiger partial charge is 0.491 e. The fourth-order valence-electron chi connectivity index (χ4n) is 2.98. The summed E-state index contributed by atoms with van der Waals surface area (Å²) in [6, 6.07) is 5.61. The fourth-order valence-corrected chi connectivity index (χ4v) is 2.98. The Bertz CT molecular complexity index is 699. The zero-order valence-corrected chi connectivity index (χ0v) is 12.7. The van der Waals surface area contributed by atoms with Gasteiger partial charge in [0.1, 0.15) is 18.7 Å². The number of likely N-dealkylation sites (tertiary alicyclic amines) is 1. The Hall–Kier alpha value is -2.41. The van der Waals surface area contributed by atoms with Crippen LogP contribution in [0.5, 0.6) is 5.75 Å². The Morgan fingerprint density at radius 3 is 2.78 bits per heavy atom. The van der Waals surface area contributed by atoms with Crippen molar-refractivity contribution in [1.82, 2.24) is 14.9 Å². The molecule has 23 heavy (non-hydrogen) atoms. The number of nitrogens with zero attached hydrogens (tertiary/aromatic N) is 3. The standard InChI is InChI=1S/C16H19N3O4/c20-7-8-23-12-1-2-13-14(9-12)17-10-18-15(13)11-3-5-19(6-4-11)16(21)22/h1-2,9-11,20H,3-8H2,(H,21,22). The number of aliphatic hydroxyl groups excluding tert-OH is 1. The van der Waals surface area contributed by atoms with E-state index in [1.54, 1.807) is 0 Å². The van der Waals surface area contributed by atoms with E-state index in [1.807, 2.05) is 18.2 Å². The van der Waals surface area contributed by atoms with E-state index in [1.165, 1.54) is 11.2 Å². The number of fused-ring (bicyclic) bond motifs is 1. The number of carboxylic acid groups (broad SMARTS) is 1. The molecule has 7 nitrogen and oxygen atoms in total. The van der Waals surface area contributed by atoms with Gasteiger partial charge in [-0.1, -0.05) is 0 Å². The molecule has 2 N–H and O–H groups in total. The maximum Gasteiger partial charge on any atom is 0.407 e. The molecule has 1 aliphatic heterocycles. The summed E-state index contributed by atoms with van der Waals surface area (Å²) in [5, 5.41) is 18.8. The lowest BCUT2D eigenvalue weighted by Crippen LogP contribution is -2.37. The van der Waals surface area contributed by atoms with E-state index in [9.17, 15) is 4.79 Å². The predicted molar refractivity (Wildman–Crippen MR) is 83.7 cm³/mol. The van der Waals surface area contributed by atoms with Gasteiger partial charge in [-0.25, -0.2) is 14.8 Å². The lowest BCUT2D eigenvalue weighted by molar-refractivity contribution is 0.132. The second-order valence-corrected chi connectivity index (χ2v) is 5.55. The molecule has 7 heteroatoms. The monoisotopic (exact) mass is 317 g/mol. The number of rotatable bonds is 4. The topological polar surface area (TPSA) is 95.8 Å². The van der Waals surface area contributed by atoms with Gasteiger partial charge in [0.2, 0.25) is 0 Å². The van der Waals surface area contributed by atoms with Crippen molar-refractivity contribution in [3.8, 4) is 5.75 Å².